The summed E-state index contributed by atoms with van der Waals surface area (Å²) >= 11 is 0. The Bertz CT molecular complexity index is 846. The van der Waals surface area contributed by atoms with Gasteiger partial charge < -0.3 is 10.8 Å². The minimum Gasteiger partial charge on any atom is -0.503 e. The summed E-state index contributed by atoms with van der Waals surface area (Å²) in [5, 5.41) is 16.1. The van der Waals surface area contributed by atoms with Crippen LogP contribution in [0.15, 0.2) is 45.5 Å². The van der Waals surface area contributed by atoms with E-state index in [1.165, 1.54) is 6.07 Å². The normalized spacial score (nSPS) is 12.0. The molecule has 0 saturated heterocycles. The highest BCUT2D eigenvalue weighted by atomic mass is 32.2. The number of rotatable bonds is 3. The smallest absolute Gasteiger partial charge is 0.296 e. The molecule has 2 aromatic rings. The minimum atomic E-state index is -4.46. The van der Waals surface area contributed by atoms with Gasteiger partial charge in [0.25, 0.3) is 10.1 Å². The molecule has 7 nitrogen and oxygen atoms in total. The molecule has 0 aliphatic carbocycles. The first-order valence-electron chi connectivity index (χ1n) is 5.65. The lowest BCUT2D eigenvalue weighted by Gasteiger charge is -2.02. The quantitative estimate of drug-likeness (QED) is 0.453. The molecule has 0 saturated carbocycles. The van der Waals surface area contributed by atoms with Gasteiger partial charge in [0.1, 0.15) is 4.90 Å². The van der Waals surface area contributed by atoms with Gasteiger partial charge in [-0.2, -0.15) is 18.6 Å². The predicted molar refractivity (Wildman–Crippen MR) is 72.9 cm³/mol. The average Bonchev–Trinajstić information content (AvgIpc) is 2.41. The second-order valence-electron chi connectivity index (χ2n) is 4.16. The van der Waals surface area contributed by atoms with E-state index in [0.29, 0.717) is 0 Å². The third-order valence-electron chi connectivity index (χ3n) is 2.55. The number of nitrogens with two attached hydrogens (primary N) is 1. The molecule has 2 rings (SSSR count). The molecular formula is C12H9F2N3O4S. The third kappa shape index (κ3) is 3.35. The van der Waals surface area contributed by atoms with Crippen molar-refractivity contribution in [2.45, 2.75) is 4.90 Å². The highest BCUT2D eigenvalue weighted by molar-refractivity contribution is 7.86. The van der Waals surface area contributed by atoms with Crippen molar-refractivity contribution in [3.05, 3.63) is 42.0 Å². The first-order valence-corrected chi connectivity index (χ1v) is 7.09. The molecule has 2 aromatic carbocycles. The maximum atomic E-state index is 13.1. The SMILES string of the molecule is Nc1cc(N=Nc2cc(F)c(O)c(F)c2)ccc1S(=O)(=O)O. The van der Waals surface area contributed by atoms with Crippen LogP contribution in [-0.2, 0) is 10.1 Å². The van der Waals surface area contributed by atoms with Gasteiger partial charge in [0, 0.05) is 12.1 Å². The molecule has 0 radical (unpaired) electrons. The molecule has 22 heavy (non-hydrogen) atoms. The summed E-state index contributed by atoms with van der Waals surface area (Å²) in [5.41, 5.74) is 5.08. The van der Waals surface area contributed by atoms with Gasteiger partial charge in [0.2, 0.25) is 0 Å². The van der Waals surface area contributed by atoms with E-state index in [9.17, 15) is 17.2 Å². The van der Waals surface area contributed by atoms with Crippen molar-refractivity contribution in [3.63, 3.8) is 0 Å². The lowest BCUT2D eigenvalue weighted by Crippen LogP contribution is -2.02. The van der Waals surface area contributed by atoms with Crippen LogP contribution in [0.3, 0.4) is 0 Å². The van der Waals surface area contributed by atoms with Gasteiger partial charge in [-0.05, 0) is 18.2 Å². The number of hydrogen-bond donors (Lipinski definition) is 3. The van der Waals surface area contributed by atoms with E-state index in [1.54, 1.807) is 0 Å². The second-order valence-corrected chi connectivity index (χ2v) is 5.55. The Labute approximate surface area is 123 Å². The highest BCUT2D eigenvalue weighted by Crippen LogP contribution is 2.28. The van der Waals surface area contributed by atoms with E-state index in [0.717, 1.165) is 24.3 Å². The third-order valence-corrected chi connectivity index (χ3v) is 3.48. The fraction of sp³-hybridized carbons (Fsp3) is 0. The number of anilines is 1. The van der Waals surface area contributed by atoms with E-state index in [4.69, 9.17) is 15.4 Å². The summed E-state index contributed by atoms with van der Waals surface area (Å²) in [4.78, 5) is -0.492. The summed E-state index contributed by atoms with van der Waals surface area (Å²) in [5.74, 6) is -3.52. The van der Waals surface area contributed by atoms with Crippen LogP contribution >= 0.6 is 0 Å². The van der Waals surface area contributed by atoms with Gasteiger partial charge in [0.05, 0.1) is 17.1 Å². The summed E-state index contributed by atoms with van der Waals surface area (Å²) in [7, 11) is -4.46. The summed E-state index contributed by atoms with van der Waals surface area (Å²) < 4.78 is 57.0. The molecule has 0 amide bonds. The second kappa shape index (κ2) is 5.66. The number of phenolic OH excluding ortho intramolecular Hbond substituents is 1. The van der Waals surface area contributed by atoms with Crippen LogP contribution in [0.25, 0.3) is 0 Å². The lowest BCUT2D eigenvalue weighted by molar-refractivity contribution is 0.396. The zero-order valence-electron chi connectivity index (χ0n) is 10.7. The topological polar surface area (TPSA) is 125 Å². The Balaban J connectivity index is 2.34. The number of azo groups is 1. The Morgan fingerprint density at radius 1 is 1.00 bits per heavy atom. The van der Waals surface area contributed by atoms with E-state index in [-0.39, 0.29) is 17.1 Å². The molecule has 0 spiro atoms. The zero-order valence-corrected chi connectivity index (χ0v) is 11.6. The molecule has 0 aliphatic heterocycles. The number of nitrogens with zero attached hydrogens (tertiary/aromatic N) is 2. The molecule has 10 heteroatoms. The molecule has 0 fully saturated rings. The van der Waals surface area contributed by atoms with Crippen molar-refractivity contribution in [3.8, 4) is 5.75 Å². The number of aromatic hydroxyl groups is 1. The zero-order chi connectivity index (χ0) is 16.5. The molecule has 116 valence electrons. The molecule has 0 heterocycles. The summed E-state index contributed by atoms with van der Waals surface area (Å²) in [6.07, 6.45) is 0. The van der Waals surface area contributed by atoms with E-state index < -0.39 is 32.4 Å². The first kappa shape index (κ1) is 15.8. The van der Waals surface area contributed by atoms with Crippen molar-refractivity contribution in [2.24, 2.45) is 10.2 Å². The maximum Gasteiger partial charge on any atom is 0.296 e. The monoisotopic (exact) mass is 329 g/mol. The molecule has 0 atom stereocenters. The lowest BCUT2D eigenvalue weighted by atomic mass is 10.3. The van der Waals surface area contributed by atoms with Crippen molar-refractivity contribution in [1.82, 2.24) is 0 Å². The van der Waals surface area contributed by atoms with Crippen LogP contribution in [0.4, 0.5) is 25.8 Å². The Kier molecular flexibility index (Phi) is 4.06. The fourth-order valence-corrected chi connectivity index (χ4v) is 2.16. The number of nitrogen functional groups attached to an aromatic ring is 1. The number of halogens is 2. The van der Waals surface area contributed by atoms with E-state index in [2.05, 4.69) is 10.2 Å². The van der Waals surface area contributed by atoms with Crippen molar-refractivity contribution >= 4 is 27.2 Å². The van der Waals surface area contributed by atoms with Crippen LogP contribution in [0.2, 0.25) is 0 Å². The standard InChI is InChI=1S/C12H9F2N3O4S/c13-8-3-7(4-9(14)12(8)18)17-16-6-1-2-11(10(15)5-6)22(19,20)21/h1-5,18H,15H2,(H,19,20,21). The molecule has 0 aromatic heterocycles. The highest BCUT2D eigenvalue weighted by Gasteiger charge is 2.14. The molecule has 0 unspecified atom stereocenters. The molecular weight excluding hydrogens is 320 g/mol. The van der Waals surface area contributed by atoms with E-state index in [1.807, 2.05) is 0 Å². The van der Waals surface area contributed by atoms with Gasteiger partial charge in [-0.3, -0.25) is 4.55 Å². The minimum absolute atomic E-state index is 0.0961. The van der Waals surface area contributed by atoms with E-state index >= 15 is 0 Å². The first-order chi connectivity index (χ1) is 10.2. The summed E-state index contributed by atoms with van der Waals surface area (Å²) in [6, 6.07) is 4.84. The largest absolute Gasteiger partial charge is 0.503 e. The van der Waals surface area contributed by atoms with Gasteiger partial charge in [-0.25, -0.2) is 8.78 Å². The molecule has 4 N–H and O–H groups in total. The van der Waals surface area contributed by atoms with Crippen LogP contribution in [0.1, 0.15) is 0 Å². The molecule has 0 bridgehead atoms. The number of phenols is 1. The van der Waals surface area contributed by atoms with Crippen molar-refractivity contribution < 1.29 is 26.9 Å². The van der Waals surface area contributed by atoms with Crippen molar-refractivity contribution in [2.75, 3.05) is 5.73 Å². The molecule has 0 aliphatic rings. The van der Waals surface area contributed by atoms with Gasteiger partial charge in [-0.15, -0.1) is 0 Å². The van der Waals surface area contributed by atoms with Crippen molar-refractivity contribution in [1.29, 1.82) is 0 Å². The maximum absolute atomic E-state index is 13.1. The number of benzene rings is 2. The Hall–Kier alpha value is -2.59. The fourth-order valence-electron chi connectivity index (χ4n) is 1.56. The number of hydrogen-bond acceptors (Lipinski definition) is 6. The predicted octanol–water partition coefficient (Wildman–Crippen LogP) is 2.91. The Morgan fingerprint density at radius 2 is 1.55 bits per heavy atom. The Morgan fingerprint density at radius 3 is 2.05 bits per heavy atom. The van der Waals surface area contributed by atoms with Crippen LogP contribution in [0.5, 0.6) is 5.75 Å². The van der Waals surface area contributed by atoms with Crippen LogP contribution in [0, 0.1) is 11.6 Å². The van der Waals surface area contributed by atoms with Crippen LogP contribution in [-0.4, -0.2) is 18.1 Å². The summed E-state index contributed by atoms with van der Waals surface area (Å²) in [6.45, 7) is 0. The van der Waals surface area contributed by atoms with Gasteiger partial charge in [-0.1, -0.05) is 0 Å². The van der Waals surface area contributed by atoms with Gasteiger partial charge >= 0.3 is 0 Å². The average molecular weight is 329 g/mol. The van der Waals surface area contributed by atoms with Gasteiger partial charge in [0.15, 0.2) is 17.4 Å². The van der Waals surface area contributed by atoms with Crippen LogP contribution < -0.4 is 5.73 Å².